The van der Waals surface area contributed by atoms with Crippen molar-refractivity contribution in [3.63, 3.8) is 0 Å². The highest BCUT2D eigenvalue weighted by atomic mass is 16.5. The van der Waals surface area contributed by atoms with Crippen LogP contribution in [0.25, 0.3) is 0 Å². The summed E-state index contributed by atoms with van der Waals surface area (Å²) in [7, 11) is 0. The molecule has 0 aromatic heterocycles. The van der Waals surface area contributed by atoms with E-state index in [4.69, 9.17) is 9.84 Å². The van der Waals surface area contributed by atoms with Crippen molar-refractivity contribution in [2.45, 2.75) is 24.5 Å². The Hall–Kier alpha value is -1.88. The van der Waals surface area contributed by atoms with E-state index in [1.54, 1.807) is 0 Å². The Kier molecular flexibility index (Phi) is 2.78. The van der Waals surface area contributed by atoms with Crippen LogP contribution in [0, 0.1) is 11.8 Å². The number of benzene rings is 1. The maximum atomic E-state index is 11.3. The van der Waals surface area contributed by atoms with Gasteiger partial charge in [0.05, 0.1) is 24.0 Å². The van der Waals surface area contributed by atoms with Crippen molar-refractivity contribution >= 4 is 11.9 Å². The van der Waals surface area contributed by atoms with Gasteiger partial charge >= 0.3 is 11.9 Å². The van der Waals surface area contributed by atoms with Crippen LogP contribution in [-0.4, -0.2) is 34.4 Å². The molecular weight excluding hydrogens is 248 g/mol. The molecule has 2 fully saturated rings. The van der Waals surface area contributed by atoms with Gasteiger partial charge in [-0.2, -0.15) is 0 Å². The van der Waals surface area contributed by atoms with E-state index in [9.17, 15) is 14.7 Å². The molecule has 2 heterocycles. The van der Waals surface area contributed by atoms with Crippen LogP contribution in [0.2, 0.25) is 0 Å². The maximum absolute atomic E-state index is 11.3. The lowest BCUT2D eigenvalue weighted by molar-refractivity contribution is -0.154. The van der Waals surface area contributed by atoms with E-state index < -0.39 is 36.0 Å². The molecule has 2 N–H and O–H groups in total. The van der Waals surface area contributed by atoms with Crippen LogP contribution in [0.1, 0.15) is 17.9 Å². The number of hydrogen-bond acceptors (Lipinski definition) is 3. The summed E-state index contributed by atoms with van der Waals surface area (Å²) in [5.74, 6) is -4.07. The number of carboxylic acids is 2. The molecule has 5 nitrogen and oxygen atoms in total. The molecule has 0 saturated carbocycles. The molecule has 100 valence electrons. The molecule has 1 aromatic carbocycles. The maximum Gasteiger partial charge on any atom is 0.310 e. The average molecular weight is 262 g/mol. The first-order valence-corrected chi connectivity index (χ1v) is 6.25. The van der Waals surface area contributed by atoms with Crippen LogP contribution in [0.15, 0.2) is 30.3 Å². The third kappa shape index (κ3) is 1.81. The van der Waals surface area contributed by atoms with Crippen molar-refractivity contribution < 1.29 is 24.5 Å². The number of hydrogen-bond donors (Lipinski definition) is 2. The largest absolute Gasteiger partial charge is 0.481 e. The Morgan fingerprint density at radius 1 is 1.05 bits per heavy atom. The molecule has 0 amide bonds. The summed E-state index contributed by atoms with van der Waals surface area (Å²) in [4.78, 5) is 22.5. The summed E-state index contributed by atoms with van der Waals surface area (Å²) in [5.41, 5.74) is 1.02. The Labute approximate surface area is 109 Å². The molecule has 1 aromatic rings. The fourth-order valence-corrected chi connectivity index (χ4v) is 3.37. The minimum Gasteiger partial charge on any atom is -0.481 e. The molecule has 0 unspecified atom stereocenters. The van der Waals surface area contributed by atoms with Gasteiger partial charge in [0, 0.05) is 5.92 Å². The summed E-state index contributed by atoms with van der Waals surface area (Å²) in [6.45, 7) is 0. The molecule has 2 bridgehead atoms. The van der Waals surface area contributed by atoms with Crippen LogP contribution in [0.5, 0.6) is 0 Å². The molecule has 3 rings (SSSR count). The van der Waals surface area contributed by atoms with E-state index >= 15 is 0 Å². The topological polar surface area (TPSA) is 83.8 Å². The van der Waals surface area contributed by atoms with E-state index in [0.717, 1.165) is 5.56 Å². The Morgan fingerprint density at radius 3 is 2.26 bits per heavy atom. The number of rotatable bonds is 3. The van der Waals surface area contributed by atoms with Crippen LogP contribution in [0.4, 0.5) is 0 Å². The Balaban J connectivity index is 1.92. The summed E-state index contributed by atoms with van der Waals surface area (Å²) in [5, 5.41) is 18.4. The molecular formula is C14H14O5. The molecule has 5 heteroatoms. The molecule has 0 radical (unpaired) electrons. The van der Waals surface area contributed by atoms with Gasteiger partial charge < -0.3 is 14.9 Å². The number of ether oxygens (including phenoxy) is 1. The molecule has 2 aliphatic heterocycles. The predicted octanol–water partition coefficient (Wildman–Crippen LogP) is 1.34. The smallest absolute Gasteiger partial charge is 0.310 e. The van der Waals surface area contributed by atoms with E-state index in [2.05, 4.69) is 0 Å². The number of fused-ring (bicyclic) bond motifs is 2. The van der Waals surface area contributed by atoms with Gasteiger partial charge in [0.1, 0.15) is 0 Å². The highest BCUT2D eigenvalue weighted by Gasteiger charge is 2.60. The first-order valence-electron chi connectivity index (χ1n) is 6.25. The molecule has 2 saturated heterocycles. The second-order valence-corrected chi connectivity index (χ2v) is 5.12. The third-order valence-corrected chi connectivity index (χ3v) is 4.15. The van der Waals surface area contributed by atoms with Crippen LogP contribution in [-0.2, 0) is 14.3 Å². The summed E-state index contributed by atoms with van der Waals surface area (Å²) in [6.07, 6.45) is -0.449. The average Bonchev–Trinajstić information content (AvgIpc) is 2.96. The monoisotopic (exact) mass is 262 g/mol. The minimum absolute atomic E-state index is 0.0251. The van der Waals surface area contributed by atoms with Gasteiger partial charge in [-0.3, -0.25) is 9.59 Å². The zero-order chi connectivity index (χ0) is 13.6. The molecule has 5 atom stereocenters. The van der Waals surface area contributed by atoms with Crippen LogP contribution < -0.4 is 0 Å². The number of carbonyl (C=O) groups is 2. The van der Waals surface area contributed by atoms with E-state index in [1.165, 1.54) is 0 Å². The van der Waals surface area contributed by atoms with Gasteiger partial charge in [0.15, 0.2) is 0 Å². The lowest BCUT2D eigenvalue weighted by Gasteiger charge is -2.28. The minimum atomic E-state index is -1.08. The van der Waals surface area contributed by atoms with Gasteiger partial charge in [-0.25, -0.2) is 0 Å². The number of carboxylic acid groups (broad SMARTS) is 2. The fourth-order valence-electron chi connectivity index (χ4n) is 3.37. The van der Waals surface area contributed by atoms with Crippen LogP contribution in [0.3, 0.4) is 0 Å². The Bertz CT molecular complexity index is 512. The lowest BCUT2D eigenvalue weighted by Crippen LogP contribution is -2.41. The molecule has 0 spiro atoms. The van der Waals surface area contributed by atoms with Crippen molar-refractivity contribution in [1.29, 1.82) is 0 Å². The van der Waals surface area contributed by atoms with Gasteiger partial charge in [-0.1, -0.05) is 30.3 Å². The summed E-state index contributed by atoms with van der Waals surface area (Å²) < 4.78 is 5.63. The molecule has 0 aliphatic carbocycles. The SMILES string of the molecule is O=C(O)[C@@H]1[C@@H]2O[C@H](C[C@@H]2c2ccccc2)[C@@H]1C(=O)O. The highest BCUT2D eigenvalue weighted by molar-refractivity contribution is 5.82. The Morgan fingerprint density at radius 2 is 1.68 bits per heavy atom. The molecule has 19 heavy (non-hydrogen) atoms. The van der Waals surface area contributed by atoms with Crippen molar-refractivity contribution in [2.75, 3.05) is 0 Å². The normalized spacial score (nSPS) is 36.3. The standard InChI is InChI=1S/C14H14O5/c15-13(16)10-9-6-8(7-4-2-1-3-5-7)12(19-9)11(10)14(17)18/h1-5,8-12H,6H2,(H,15,16)(H,17,18)/t8-,9-,10+,11+,12-/m1/s1. The van der Waals surface area contributed by atoms with Crippen molar-refractivity contribution in [3.8, 4) is 0 Å². The van der Waals surface area contributed by atoms with E-state index in [1.807, 2.05) is 30.3 Å². The number of aliphatic carboxylic acids is 2. The van der Waals surface area contributed by atoms with Gasteiger partial charge in [0.25, 0.3) is 0 Å². The second-order valence-electron chi connectivity index (χ2n) is 5.12. The third-order valence-electron chi connectivity index (χ3n) is 4.15. The van der Waals surface area contributed by atoms with E-state index in [-0.39, 0.29) is 5.92 Å². The first-order chi connectivity index (χ1) is 9.09. The van der Waals surface area contributed by atoms with Crippen LogP contribution >= 0.6 is 0 Å². The van der Waals surface area contributed by atoms with Crippen molar-refractivity contribution in [2.24, 2.45) is 11.8 Å². The van der Waals surface area contributed by atoms with Gasteiger partial charge in [0.2, 0.25) is 0 Å². The highest BCUT2D eigenvalue weighted by Crippen LogP contribution is 2.50. The van der Waals surface area contributed by atoms with Gasteiger partial charge in [-0.15, -0.1) is 0 Å². The zero-order valence-electron chi connectivity index (χ0n) is 10.1. The summed E-state index contributed by atoms with van der Waals surface area (Å²) in [6, 6.07) is 9.55. The van der Waals surface area contributed by atoms with Gasteiger partial charge in [-0.05, 0) is 12.0 Å². The molecule has 2 aliphatic rings. The predicted molar refractivity (Wildman–Crippen MR) is 64.7 cm³/mol. The lowest BCUT2D eigenvalue weighted by atomic mass is 9.72. The quantitative estimate of drug-likeness (QED) is 0.858. The second kappa shape index (κ2) is 4.35. The first kappa shape index (κ1) is 12.2. The summed E-state index contributed by atoms with van der Waals surface area (Å²) >= 11 is 0. The van der Waals surface area contributed by atoms with E-state index in [0.29, 0.717) is 6.42 Å². The zero-order valence-corrected chi connectivity index (χ0v) is 10.1. The van der Waals surface area contributed by atoms with Crippen molar-refractivity contribution in [1.82, 2.24) is 0 Å². The van der Waals surface area contributed by atoms with Crippen molar-refractivity contribution in [3.05, 3.63) is 35.9 Å². The fraction of sp³-hybridized carbons (Fsp3) is 0.429.